The van der Waals surface area contributed by atoms with Crippen molar-refractivity contribution < 1.29 is 59.8 Å². The predicted molar refractivity (Wildman–Crippen MR) is 209 cm³/mol. The first-order valence-corrected chi connectivity index (χ1v) is 18.5. The minimum Gasteiger partial charge on any atom is -0.480 e. The molecule has 9 N–H and O–H groups in total. The maximum Gasteiger partial charge on any atom is 0.317 e. The lowest BCUT2D eigenvalue weighted by Crippen LogP contribution is -2.62. The van der Waals surface area contributed by atoms with Gasteiger partial charge in [0.05, 0.1) is 56.3 Å². The topological polar surface area (TPSA) is 247 Å². The molecule has 0 atom stereocenters. The van der Waals surface area contributed by atoms with Gasteiger partial charge in [-0.2, -0.15) is 10.1 Å². The molecule has 16 heteroatoms. The SMILES string of the molecule is CC(C)(O)CON1C(C)(C)CC(O)CC1(C)C.CC(C)(O)CON1C(C)(C)CC(O)CC1(C)C.NCc1ccccc1.O=C(O)CN(CC(=O)O)CC(=O)O. The van der Waals surface area contributed by atoms with Crippen LogP contribution >= 0.6 is 0 Å². The lowest BCUT2D eigenvalue weighted by atomic mass is 9.80. The molecule has 0 spiro atoms. The van der Waals surface area contributed by atoms with E-state index in [2.05, 4.69) is 55.4 Å². The molecule has 2 aliphatic heterocycles. The van der Waals surface area contributed by atoms with Crippen LogP contribution in [0.4, 0.5) is 0 Å². The average molecular weight is 789 g/mol. The van der Waals surface area contributed by atoms with Crippen LogP contribution < -0.4 is 5.73 Å². The van der Waals surface area contributed by atoms with E-state index < -0.39 is 48.7 Å². The maximum absolute atomic E-state index is 10.1. The van der Waals surface area contributed by atoms with Crippen molar-refractivity contribution in [3.8, 4) is 0 Å². The summed E-state index contributed by atoms with van der Waals surface area (Å²) in [5.74, 6) is -3.78. The summed E-state index contributed by atoms with van der Waals surface area (Å²) in [6, 6.07) is 9.99. The molecule has 0 radical (unpaired) electrons. The number of benzene rings is 1. The Labute approximate surface area is 327 Å². The number of aliphatic hydroxyl groups excluding tert-OH is 2. The summed E-state index contributed by atoms with van der Waals surface area (Å²) in [7, 11) is 0. The second kappa shape index (κ2) is 21.7. The van der Waals surface area contributed by atoms with Gasteiger partial charge in [0.1, 0.15) is 0 Å². The number of nitrogens with two attached hydrogens (primary N) is 1. The standard InChI is InChI=1S/2C13H27NO3.C7H9N.C6H9NO6/c2*1-11(2)7-10(15)8-12(3,4)14(11)17-9-13(5,6)16;8-6-7-4-2-1-3-5-7;8-4(9)1-7(2-5(10)11)3-6(12)13/h2*10,15-16H,7-9H2,1-6H3;1-5H,6,8H2;1-3H2,(H,8,9)(H,10,11)(H,12,13). The number of piperidine rings is 2. The van der Waals surface area contributed by atoms with Crippen LogP contribution in [0, 0.1) is 0 Å². The number of carboxylic acids is 3. The molecule has 0 saturated carbocycles. The second-order valence-electron chi connectivity index (χ2n) is 18.2. The number of aliphatic hydroxyl groups is 4. The van der Waals surface area contributed by atoms with Crippen molar-refractivity contribution in [2.75, 3.05) is 32.8 Å². The molecule has 2 aliphatic rings. The van der Waals surface area contributed by atoms with E-state index in [0.29, 0.717) is 32.2 Å². The third kappa shape index (κ3) is 21.9. The molecule has 1 aromatic carbocycles. The number of hydrogen-bond donors (Lipinski definition) is 8. The molecule has 0 aromatic heterocycles. The molecule has 55 heavy (non-hydrogen) atoms. The van der Waals surface area contributed by atoms with Gasteiger partial charge in [0.25, 0.3) is 0 Å². The summed E-state index contributed by atoms with van der Waals surface area (Å²) in [5, 5.41) is 68.0. The van der Waals surface area contributed by atoms with Gasteiger partial charge in [-0.3, -0.25) is 29.0 Å². The van der Waals surface area contributed by atoms with Crippen molar-refractivity contribution in [2.45, 2.75) is 161 Å². The van der Waals surface area contributed by atoms with E-state index in [1.807, 2.05) is 40.5 Å². The Hall–Kier alpha value is -2.77. The van der Waals surface area contributed by atoms with E-state index in [1.54, 1.807) is 27.7 Å². The summed E-state index contributed by atoms with van der Waals surface area (Å²) in [6.45, 7) is 22.7. The first kappa shape index (κ1) is 52.2. The Balaban J connectivity index is 0.000000729. The van der Waals surface area contributed by atoms with E-state index in [1.165, 1.54) is 5.56 Å². The minimum atomic E-state index is -1.26. The van der Waals surface area contributed by atoms with E-state index in [0.717, 1.165) is 4.90 Å². The number of nitrogens with zero attached hydrogens (tertiary/aromatic N) is 3. The number of hydrogen-bond acceptors (Lipinski definition) is 13. The van der Waals surface area contributed by atoms with Crippen molar-refractivity contribution in [3.63, 3.8) is 0 Å². The van der Waals surface area contributed by atoms with Crippen molar-refractivity contribution in [1.82, 2.24) is 15.0 Å². The van der Waals surface area contributed by atoms with Gasteiger partial charge in [-0.15, -0.1) is 0 Å². The third-order valence-electron chi connectivity index (χ3n) is 8.39. The van der Waals surface area contributed by atoms with Crippen LogP contribution in [0.3, 0.4) is 0 Å². The fourth-order valence-electron chi connectivity index (χ4n) is 6.92. The van der Waals surface area contributed by atoms with Crippen LogP contribution in [0.5, 0.6) is 0 Å². The zero-order valence-electron chi connectivity index (χ0n) is 35.2. The number of rotatable bonds is 13. The zero-order chi connectivity index (χ0) is 43.2. The van der Waals surface area contributed by atoms with Gasteiger partial charge in [-0.1, -0.05) is 30.3 Å². The highest BCUT2D eigenvalue weighted by Gasteiger charge is 2.47. The first-order valence-electron chi connectivity index (χ1n) is 18.5. The van der Waals surface area contributed by atoms with Crippen LogP contribution in [0.1, 0.15) is 114 Å². The van der Waals surface area contributed by atoms with Crippen molar-refractivity contribution in [1.29, 1.82) is 0 Å². The molecule has 0 amide bonds. The molecule has 0 bridgehead atoms. The summed E-state index contributed by atoms with van der Waals surface area (Å²) < 4.78 is 0. The monoisotopic (exact) mass is 789 g/mol. The van der Waals surface area contributed by atoms with Crippen molar-refractivity contribution in [3.05, 3.63) is 35.9 Å². The fraction of sp³-hybridized carbons (Fsp3) is 0.769. The quantitative estimate of drug-likeness (QED) is 0.143. The molecular weight excluding hydrogens is 716 g/mol. The number of carboxylic acid groups (broad SMARTS) is 3. The zero-order valence-corrected chi connectivity index (χ0v) is 35.2. The lowest BCUT2D eigenvalue weighted by molar-refractivity contribution is -0.306. The smallest absolute Gasteiger partial charge is 0.317 e. The normalized spacial score (nSPS) is 19.8. The highest BCUT2D eigenvalue weighted by molar-refractivity contribution is 5.75. The molecule has 3 rings (SSSR count). The molecule has 0 unspecified atom stereocenters. The van der Waals surface area contributed by atoms with Gasteiger partial charge >= 0.3 is 17.9 Å². The Morgan fingerprint density at radius 2 is 0.927 bits per heavy atom. The Kier molecular flexibility index (Phi) is 20.6. The highest BCUT2D eigenvalue weighted by Crippen LogP contribution is 2.40. The summed E-state index contributed by atoms with van der Waals surface area (Å²) in [6.07, 6.45) is 2.15. The molecule has 0 aliphatic carbocycles. The summed E-state index contributed by atoms with van der Waals surface area (Å²) in [5.41, 5.74) is 3.93. The van der Waals surface area contributed by atoms with E-state index in [-0.39, 0.29) is 47.6 Å². The molecule has 1 aromatic rings. The van der Waals surface area contributed by atoms with Gasteiger partial charge in [-0.25, -0.2) is 0 Å². The number of carbonyl (C=O) groups is 3. The van der Waals surface area contributed by atoms with Crippen molar-refractivity contribution in [2.24, 2.45) is 5.73 Å². The second-order valence-corrected chi connectivity index (χ2v) is 18.2. The predicted octanol–water partition coefficient (Wildman–Crippen LogP) is 3.09. The van der Waals surface area contributed by atoms with Gasteiger partial charge in [0.15, 0.2) is 0 Å². The number of hydroxylamine groups is 4. The van der Waals surface area contributed by atoms with E-state index in [4.69, 9.17) is 30.7 Å². The fourth-order valence-corrected chi connectivity index (χ4v) is 6.92. The van der Waals surface area contributed by atoms with Crippen molar-refractivity contribution >= 4 is 17.9 Å². The Bertz CT molecular complexity index is 1180. The first-order chi connectivity index (χ1) is 24.7. The lowest BCUT2D eigenvalue weighted by Gasteiger charge is -2.53. The van der Waals surface area contributed by atoms with E-state index >= 15 is 0 Å². The molecular formula is C39H72N4O12. The van der Waals surface area contributed by atoms with E-state index in [9.17, 15) is 34.8 Å². The molecule has 2 fully saturated rings. The van der Waals surface area contributed by atoms with Gasteiger partial charge in [0.2, 0.25) is 0 Å². The van der Waals surface area contributed by atoms with Crippen LogP contribution in [0.25, 0.3) is 0 Å². The van der Waals surface area contributed by atoms with Gasteiger partial charge in [-0.05, 0) is 114 Å². The molecule has 2 saturated heterocycles. The van der Waals surface area contributed by atoms with Gasteiger partial charge < -0.3 is 41.5 Å². The van der Waals surface area contributed by atoms with Crippen LogP contribution in [-0.2, 0) is 30.6 Å². The average Bonchev–Trinajstić information content (AvgIpc) is 2.93. The Morgan fingerprint density at radius 3 is 1.13 bits per heavy atom. The highest BCUT2D eigenvalue weighted by atomic mass is 16.7. The van der Waals surface area contributed by atoms with Crippen LogP contribution in [0.15, 0.2) is 30.3 Å². The molecule has 16 nitrogen and oxygen atoms in total. The summed E-state index contributed by atoms with van der Waals surface area (Å²) in [4.78, 5) is 42.8. The van der Waals surface area contributed by atoms with Crippen LogP contribution in [0.2, 0.25) is 0 Å². The maximum atomic E-state index is 10.1. The molecule has 320 valence electrons. The molecule has 2 heterocycles. The summed E-state index contributed by atoms with van der Waals surface area (Å²) >= 11 is 0. The third-order valence-corrected chi connectivity index (χ3v) is 8.39. The Morgan fingerprint density at radius 1 is 0.655 bits per heavy atom. The van der Waals surface area contributed by atoms with Gasteiger partial charge in [0, 0.05) is 28.7 Å². The number of aliphatic carboxylic acids is 3. The largest absolute Gasteiger partial charge is 0.480 e. The van der Waals surface area contributed by atoms with Crippen LogP contribution in [-0.4, -0.2) is 147 Å². The minimum absolute atomic E-state index is 0.230.